The van der Waals surface area contributed by atoms with E-state index in [4.69, 9.17) is 10.5 Å². The molecule has 4 N–H and O–H groups in total. The van der Waals surface area contributed by atoms with Gasteiger partial charge in [0.15, 0.2) is 5.69 Å². The normalized spacial score (nSPS) is 11.1. The molecule has 0 aliphatic carbocycles. The second-order valence-electron chi connectivity index (χ2n) is 7.54. The highest BCUT2D eigenvalue weighted by Gasteiger charge is 2.35. The number of anilines is 2. The van der Waals surface area contributed by atoms with Gasteiger partial charge in [-0.25, -0.2) is 9.48 Å². The number of nitrogens with zero attached hydrogens (tertiary/aromatic N) is 3. The first-order chi connectivity index (χ1) is 17.2. The third-order valence-electron chi connectivity index (χ3n) is 4.74. The van der Waals surface area contributed by atoms with E-state index in [0.29, 0.717) is 28.8 Å². The number of alkyl halides is 3. The van der Waals surface area contributed by atoms with E-state index in [1.165, 1.54) is 18.3 Å². The average molecular weight is 496 g/mol. The van der Waals surface area contributed by atoms with E-state index in [1.807, 2.05) is 0 Å². The molecule has 0 spiro atoms. The molecule has 184 valence electrons. The van der Waals surface area contributed by atoms with E-state index >= 15 is 0 Å². The van der Waals surface area contributed by atoms with Crippen molar-refractivity contribution >= 4 is 23.4 Å². The number of nitrogens with one attached hydrogen (secondary N) is 2. The number of halogens is 3. The molecular weight excluding hydrogens is 477 g/mol. The minimum absolute atomic E-state index is 0.109. The molecule has 2 heterocycles. The van der Waals surface area contributed by atoms with Crippen LogP contribution in [-0.4, -0.2) is 26.7 Å². The summed E-state index contributed by atoms with van der Waals surface area (Å²) < 4.78 is 46.7. The fourth-order valence-electron chi connectivity index (χ4n) is 3.26. The number of amides is 3. The molecule has 0 saturated carbocycles. The van der Waals surface area contributed by atoms with Crippen LogP contribution >= 0.6 is 0 Å². The molecule has 0 atom stereocenters. The van der Waals surface area contributed by atoms with E-state index in [1.54, 1.807) is 54.7 Å². The molecule has 3 amide bonds. The van der Waals surface area contributed by atoms with Crippen LogP contribution in [0.4, 0.5) is 29.5 Å². The van der Waals surface area contributed by atoms with Gasteiger partial charge < -0.3 is 15.8 Å². The lowest BCUT2D eigenvalue weighted by atomic mass is 10.1. The lowest BCUT2D eigenvalue weighted by Gasteiger charge is -2.12. The summed E-state index contributed by atoms with van der Waals surface area (Å²) in [6, 6.07) is 15.8. The predicted octanol–water partition coefficient (Wildman–Crippen LogP) is 4.75. The molecule has 4 aromatic rings. The third kappa shape index (κ3) is 6.17. The number of rotatable bonds is 7. The van der Waals surface area contributed by atoms with Gasteiger partial charge in [0.05, 0.1) is 18.3 Å². The minimum atomic E-state index is -4.75. The molecule has 0 radical (unpaired) electrons. The summed E-state index contributed by atoms with van der Waals surface area (Å²) >= 11 is 0. The third-order valence-corrected chi connectivity index (χ3v) is 4.74. The molecule has 2 aromatic carbocycles. The largest absolute Gasteiger partial charge is 0.456 e. The molecular formula is C24H19F3N6O3. The summed E-state index contributed by atoms with van der Waals surface area (Å²) in [6.07, 6.45) is -1.74. The molecule has 0 unspecified atom stereocenters. The average Bonchev–Trinajstić information content (AvgIpc) is 3.24. The lowest BCUT2D eigenvalue weighted by molar-refractivity contribution is -0.141. The van der Waals surface area contributed by atoms with E-state index < -0.39 is 23.8 Å². The number of ether oxygens (including phenoxy) is 1. The zero-order valence-corrected chi connectivity index (χ0v) is 18.5. The van der Waals surface area contributed by atoms with Gasteiger partial charge in [-0.3, -0.25) is 15.1 Å². The van der Waals surface area contributed by atoms with Crippen LogP contribution in [0.15, 0.2) is 79.1 Å². The van der Waals surface area contributed by atoms with Gasteiger partial charge in [0.25, 0.3) is 0 Å². The van der Waals surface area contributed by atoms with Crippen molar-refractivity contribution in [3.05, 3.63) is 90.4 Å². The van der Waals surface area contributed by atoms with Crippen LogP contribution in [0.2, 0.25) is 0 Å². The van der Waals surface area contributed by atoms with Gasteiger partial charge in [0.2, 0.25) is 5.91 Å². The Bertz CT molecular complexity index is 1390. The number of nitrogens with two attached hydrogens (primary N) is 1. The summed E-state index contributed by atoms with van der Waals surface area (Å²) in [6.45, 7) is 0. The van der Waals surface area contributed by atoms with Crippen molar-refractivity contribution in [2.75, 3.05) is 10.6 Å². The summed E-state index contributed by atoms with van der Waals surface area (Å²) in [7, 11) is 0. The van der Waals surface area contributed by atoms with E-state index in [-0.39, 0.29) is 17.9 Å². The fourth-order valence-corrected chi connectivity index (χ4v) is 3.26. The number of primary amides is 1. The molecule has 36 heavy (non-hydrogen) atoms. The standard InChI is InChI=1S/C24H19F3N6O3/c25-24(26,27)20-13-22(33(32-20)17-6-1-4-15(10-17)11-21(28)34)31-23(35)30-16-5-2-7-18(12-16)36-19-8-3-9-29-14-19/h1-10,12-14H,11H2,(H2,28,34)(H2,30,31,35). The van der Waals surface area contributed by atoms with Gasteiger partial charge in [-0.15, -0.1) is 0 Å². The SMILES string of the molecule is NC(=O)Cc1cccc(-n2nc(C(F)(F)F)cc2NC(=O)Nc2cccc(Oc3cccnc3)c2)c1. The molecule has 0 fully saturated rings. The van der Waals surface area contributed by atoms with Crippen LogP contribution in [-0.2, 0) is 17.4 Å². The number of aromatic nitrogens is 3. The Morgan fingerprint density at radius 2 is 1.75 bits per heavy atom. The van der Waals surface area contributed by atoms with Gasteiger partial charge in [0, 0.05) is 24.0 Å². The van der Waals surface area contributed by atoms with Gasteiger partial charge >= 0.3 is 12.2 Å². The Morgan fingerprint density at radius 3 is 2.47 bits per heavy atom. The summed E-state index contributed by atoms with van der Waals surface area (Å²) in [5, 5.41) is 8.54. The number of hydrogen-bond acceptors (Lipinski definition) is 5. The Kier molecular flexibility index (Phi) is 6.86. The van der Waals surface area contributed by atoms with Crippen LogP contribution in [0.5, 0.6) is 11.5 Å². The number of pyridine rings is 1. The van der Waals surface area contributed by atoms with Crippen LogP contribution in [0.1, 0.15) is 11.3 Å². The monoisotopic (exact) mass is 496 g/mol. The van der Waals surface area contributed by atoms with E-state index in [9.17, 15) is 22.8 Å². The highest BCUT2D eigenvalue weighted by Crippen LogP contribution is 2.31. The predicted molar refractivity (Wildman–Crippen MR) is 125 cm³/mol. The number of carbonyl (C=O) groups excluding carboxylic acids is 2. The van der Waals surface area contributed by atoms with Crippen molar-refractivity contribution in [2.45, 2.75) is 12.6 Å². The van der Waals surface area contributed by atoms with Crippen molar-refractivity contribution in [3.8, 4) is 17.2 Å². The van der Waals surface area contributed by atoms with E-state index in [0.717, 1.165) is 4.68 Å². The smallest absolute Gasteiger partial charge is 0.435 e. The van der Waals surface area contributed by atoms with Crippen molar-refractivity contribution in [3.63, 3.8) is 0 Å². The van der Waals surface area contributed by atoms with Gasteiger partial charge in [-0.05, 0) is 42.0 Å². The molecule has 4 rings (SSSR count). The summed E-state index contributed by atoms with van der Waals surface area (Å²) in [5.41, 5.74) is 5.02. The Balaban J connectivity index is 1.55. The number of carbonyl (C=O) groups is 2. The van der Waals surface area contributed by atoms with Crippen LogP contribution < -0.4 is 21.1 Å². The lowest BCUT2D eigenvalue weighted by Crippen LogP contribution is -2.21. The van der Waals surface area contributed by atoms with Gasteiger partial charge in [0.1, 0.15) is 17.3 Å². The highest BCUT2D eigenvalue weighted by molar-refractivity contribution is 5.99. The van der Waals surface area contributed by atoms with Gasteiger partial charge in [-0.2, -0.15) is 18.3 Å². The van der Waals surface area contributed by atoms with E-state index in [2.05, 4.69) is 20.7 Å². The number of benzene rings is 2. The fraction of sp³-hybridized carbons (Fsp3) is 0.0833. The molecule has 0 saturated heterocycles. The summed E-state index contributed by atoms with van der Waals surface area (Å²) in [4.78, 5) is 27.8. The Hall–Kier alpha value is -4.87. The number of urea groups is 1. The van der Waals surface area contributed by atoms with Gasteiger partial charge in [-0.1, -0.05) is 18.2 Å². The topological polar surface area (TPSA) is 124 Å². The quantitative estimate of drug-likeness (QED) is 0.341. The van der Waals surface area contributed by atoms with Crippen LogP contribution in [0.3, 0.4) is 0 Å². The Morgan fingerprint density at radius 1 is 0.972 bits per heavy atom. The van der Waals surface area contributed by atoms with Crippen molar-refractivity contribution < 1.29 is 27.5 Å². The minimum Gasteiger partial charge on any atom is -0.456 e. The first kappa shape index (κ1) is 24.3. The second kappa shape index (κ2) is 10.2. The van der Waals surface area contributed by atoms with Crippen molar-refractivity contribution in [1.82, 2.24) is 14.8 Å². The highest BCUT2D eigenvalue weighted by atomic mass is 19.4. The zero-order chi connectivity index (χ0) is 25.7. The van der Waals surface area contributed by atoms with Crippen LogP contribution in [0.25, 0.3) is 5.69 Å². The first-order valence-corrected chi connectivity index (χ1v) is 10.5. The van der Waals surface area contributed by atoms with Crippen LogP contribution in [0, 0.1) is 0 Å². The Labute approximate surface area is 202 Å². The maximum Gasteiger partial charge on any atom is 0.435 e. The molecule has 0 bridgehead atoms. The maximum absolute atomic E-state index is 13.4. The number of hydrogen-bond donors (Lipinski definition) is 3. The first-order valence-electron chi connectivity index (χ1n) is 10.5. The summed E-state index contributed by atoms with van der Waals surface area (Å²) in [5.74, 6) is 0.0626. The second-order valence-corrected chi connectivity index (χ2v) is 7.54. The maximum atomic E-state index is 13.4. The molecule has 0 aliphatic heterocycles. The van der Waals surface area contributed by atoms with Crippen molar-refractivity contribution in [1.29, 1.82) is 0 Å². The molecule has 0 aliphatic rings. The van der Waals surface area contributed by atoms with Crippen molar-refractivity contribution in [2.24, 2.45) is 5.73 Å². The molecule has 12 heteroatoms. The molecule has 2 aromatic heterocycles. The zero-order valence-electron chi connectivity index (χ0n) is 18.5. The molecule has 9 nitrogen and oxygen atoms in total.